The predicted molar refractivity (Wildman–Crippen MR) is 124 cm³/mol. The lowest BCUT2D eigenvalue weighted by Crippen LogP contribution is -2.03. The predicted octanol–water partition coefficient (Wildman–Crippen LogP) is 8.27. The third-order valence-corrected chi connectivity index (χ3v) is 5.76. The lowest BCUT2D eigenvalue weighted by atomic mass is 9.84. The molecule has 3 aromatic carbocycles. The van der Waals surface area contributed by atoms with E-state index in [2.05, 4.69) is 87.5 Å². The number of hydrogen-bond donors (Lipinski definition) is 0. The quantitative estimate of drug-likeness (QED) is 0.355. The SMILES string of the molecule is CCCCc1ccc(-c2ccccc2-c2ccccc2)c(CCCC)c1CC. The molecule has 0 spiro atoms. The van der Waals surface area contributed by atoms with Crippen molar-refractivity contribution in [1.82, 2.24) is 0 Å². The van der Waals surface area contributed by atoms with Gasteiger partial charge in [-0.15, -0.1) is 0 Å². The standard InChI is InChI=1S/C28H34/c1-4-7-14-23-20-21-28(26(17-8-5-2)24(23)6-3)27-19-13-12-18-25(27)22-15-10-9-11-16-22/h9-13,15-16,18-21H,4-8,14,17H2,1-3H3. The second-order valence-electron chi connectivity index (χ2n) is 7.70. The summed E-state index contributed by atoms with van der Waals surface area (Å²) in [7, 11) is 0. The van der Waals surface area contributed by atoms with Gasteiger partial charge in [0.15, 0.2) is 0 Å². The van der Waals surface area contributed by atoms with E-state index < -0.39 is 0 Å². The van der Waals surface area contributed by atoms with Crippen LogP contribution in [0.2, 0.25) is 0 Å². The average Bonchev–Trinajstić information content (AvgIpc) is 2.76. The molecule has 0 amide bonds. The second kappa shape index (κ2) is 10.3. The van der Waals surface area contributed by atoms with E-state index in [4.69, 9.17) is 0 Å². The highest BCUT2D eigenvalue weighted by Gasteiger charge is 2.16. The van der Waals surface area contributed by atoms with Crippen LogP contribution in [0.15, 0.2) is 66.7 Å². The molecule has 0 heterocycles. The molecular formula is C28H34. The first-order valence-electron chi connectivity index (χ1n) is 11.1. The molecular weight excluding hydrogens is 336 g/mol. The molecule has 0 heteroatoms. The summed E-state index contributed by atoms with van der Waals surface area (Å²) < 4.78 is 0. The highest BCUT2D eigenvalue weighted by atomic mass is 14.2. The van der Waals surface area contributed by atoms with E-state index in [0.717, 1.165) is 6.42 Å². The van der Waals surface area contributed by atoms with Crippen molar-refractivity contribution in [2.75, 3.05) is 0 Å². The van der Waals surface area contributed by atoms with Gasteiger partial charge in [0.2, 0.25) is 0 Å². The molecule has 0 saturated carbocycles. The zero-order valence-electron chi connectivity index (χ0n) is 17.8. The third-order valence-electron chi connectivity index (χ3n) is 5.76. The van der Waals surface area contributed by atoms with E-state index in [1.807, 2.05) is 0 Å². The molecule has 0 aliphatic carbocycles. The summed E-state index contributed by atoms with van der Waals surface area (Å²) >= 11 is 0. The Morgan fingerprint density at radius 3 is 1.86 bits per heavy atom. The smallest absolute Gasteiger partial charge is 0.0103 e. The van der Waals surface area contributed by atoms with Crippen molar-refractivity contribution in [3.63, 3.8) is 0 Å². The molecule has 0 N–H and O–H groups in total. The van der Waals surface area contributed by atoms with Crippen molar-refractivity contribution in [2.24, 2.45) is 0 Å². The van der Waals surface area contributed by atoms with Crippen molar-refractivity contribution < 1.29 is 0 Å². The van der Waals surface area contributed by atoms with Crippen LogP contribution in [0.1, 0.15) is 63.1 Å². The Kier molecular flexibility index (Phi) is 7.48. The van der Waals surface area contributed by atoms with Gasteiger partial charge in [0.1, 0.15) is 0 Å². The molecule has 0 saturated heterocycles. The van der Waals surface area contributed by atoms with Crippen molar-refractivity contribution in [2.45, 2.75) is 65.7 Å². The maximum Gasteiger partial charge on any atom is -0.0103 e. The van der Waals surface area contributed by atoms with Crippen LogP contribution in [0.5, 0.6) is 0 Å². The van der Waals surface area contributed by atoms with Gasteiger partial charge in [-0.3, -0.25) is 0 Å². The van der Waals surface area contributed by atoms with Gasteiger partial charge in [-0.1, -0.05) is 100 Å². The van der Waals surface area contributed by atoms with Crippen molar-refractivity contribution in [3.8, 4) is 22.3 Å². The zero-order valence-corrected chi connectivity index (χ0v) is 17.8. The Labute approximate surface area is 171 Å². The third kappa shape index (κ3) is 4.55. The molecule has 0 aliphatic heterocycles. The Bertz CT molecular complexity index is 874. The van der Waals surface area contributed by atoms with E-state index in [-0.39, 0.29) is 0 Å². The molecule has 0 aliphatic rings. The van der Waals surface area contributed by atoms with Crippen LogP contribution < -0.4 is 0 Å². The summed E-state index contributed by atoms with van der Waals surface area (Å²) in [6.45, 7) is 6.91. The second-order valence-corrected chi connectivity index (χ2v) is 7.70. The number of unbranched alkanes of at least 4 members (excludes halogenated alkanes) is 2. The van der Waals surface area contributed by atoms with Crippen molar-refractivity contribution >= 4 is 0 Å². The molecule has 0 atom stereocenters. The summed E-state index contributed by atoms with van der Waals surface area (Å²) in [6, 6.07) is 24.5. The summed E-state index contributed by atoms with van der Waals surface area (Å²) in [6.07, 6.45) is 8.54. The minimum atomic E-state index is 1.12. The van der Waals surface area contributed by atoms with Crippen LogP contribution in [-0.4, -0.2) is 0 Å². The van der Waals surface area contributed by atoms with Crippen LogP contribution in [0.25, 0.3) is 22.3 Å². The fraction of sp³-hybridized carbons (Fsp3) is 0.357. The molecule has 0 aromatic heterocycles. The van der Waals surface area contributed by atoms with Crippen LogP contribution in [0.4, 0.5) is 0 Å². The Balaban J connectivity index is 2.16. The molecule has 146 valence electrons. The topological polar surface area (TPSA) is 0 Å². The maximum atomic E-state index is 2.40. The van der Waals surface area contributed by atoms with Gasteiger partial charge in [0.25, 0.3) is 0 Å². The lowest BCUT2D eigenvalue weighted by Gasteiger charge is -2.20. The fourth-order valence-electron chi connectivity index (χ4n) is 4.26. The Hall–Kier alpha value is -2.34. The minimum absolute atomic E-state index is 1.12. The van der Waals surface area contributed by atoms with Crippen LogP contribution in [0, 0.1) is 0 Å². The van der Waals surface area contributed by atoms with E-state index in [1.54, 1.807) is 16.7 Å². The Morgan fingerprint density at radius 1 is 0.536 bits per heavy atom. The van der Waals surface area contributed by atoms with E-state index in [0.29, 0.717) is 0 Å². The van der Waals surface area contributed by atoms with Crippen LogP contribution in [0.3, 0.4) is 0 Å². The first kappa shape index (κ1) is 20.4. The summed E-state index contributed by atoms with van der Waals surface area (Å²) in [5.74, 6) is 0. The highest BCUT2D eigenvalue weighted by molar-refractivity contribution is 5.85. The van der Waals surface area contributed by atoms with Crippen molar-refractivity contribution in [3.05, 3.63) is 83.4 Å². The molecule has 0 fully saturated rings. The number of rotatable bonds is 9. The highest BCUT2D eigenvalue weighted by Crippen LogP contribution is 2.37. The maximum absolute atomic E-state index is 2.40. The normalized spacial score (nSPS) is 11.0. The molecule has 0 radical (unpaired) electrons. The van der Waals surface area contributed by atoms with Gasteiger partial charge in [0, 0.05) is 0 Å². The first-order valence-corrected chi connectivity index (χ1v) is 11.1. The van der Waals surface area contributed by atoms with E-state index >= 15 is 0 Å². The lowest BCUT2D eigenvalue weighted by molar-refractivity contribution is 0.767. The molecule has 3 rings (SSSR count). The molecule has 3 aromatic rings. The summed E-state index contributed by atoms with van der Waals surface area (Å²) in [5.41, 5.74) is 10.2. The van der Waals surface area contributed by atoms with Crippen LogP contribution >= 0.6 is 0 Å². The van der Waals surface area contributed by atoms with Crippen LogP contribution in [-0.2, 0) is 19.3 Å². The largest absolute Gasteiger partial charge is 0.0654 e. The van der Waals surface area contributed by atoms with Gasteiger partial charge in [-0.2, -0.15) is 0 Å². The fourth-order valence-corrected chi connectivity index (χ4v) is 4.26. The number of benzene rings is 3. The molecule has 0 unspecified atom stereocenters. The van der Waals surface area contributed by atoms with Gasteiger partial charge < -0.3 is 0 Å². The van der Waals surface area contributed by atoms with Gasteiger partial charge in [-0.05, 0) is 71.0 Å². The number of hydrogen-bond acceptors (Lipinski definition) is 0. The number of aryl methyl sites for hydroxylation is 1. The monoisotopic (exact) mass is 370 g/mol. The summed E-state index contributed by atoms with van der Waals surface area (Å²) in [4.78, 5) is 0. The molecule has 0 nitrogen and oxygen atoms in total. The molecule has 28 heavy (non-hydrogen) atoms. The molecule has 0 bridgehead atoms. The van der Waals surface area contributed by atoms with Gasteiger partial charge in [-0.25, -0.2) is 0 Å². The van der Waals surface area contributed by atoms with E-state index in [1.165, 1.54) is 60.8 Å². The van der Waals surface area contributed by atoms with Gasteiger partial charge in [0.05, 0.1) is 0 Å². The van der Waals surface area contributed by atoms with Gasteiger partial charge >= 0.3 is 0 Å². The van der Waals surface area contributed by atoms with Crippen molar-refractivity contribution in [1.29, 1.82) is 0 Å². The average molecular weight is 371 g/mol. The first-order chi connectivity index (χ1) is 13.8. The summed E-state index contributed by atoms with van der Waals surface area (Å²) in [5, 5.41) is 0. The minimum Gasteiger partial charge on any atom is -0.0654 e. The Morgan fingerprint density at radius 2 is 1.18 bits per heavy atom. The zero-order chi connectivity index (χ0) is 19.8. The van der Waals surface area contributed by atoms with E-state index in [9.17, 15) is 0 Å².